The van der Waals surface area contributed by atoms with Gasteiger partial charge in [0.1, 0.15) is 0 Å². The fourth-order valence-corrected chi connectivity index (χ4v) is 3.89. The zero-order valence-electron chi connectivity index (χ0n) is 13.2. The Kier molecular flexibility index (Phi) is 3.20. The van der Waals surface area contributed by atoms with E-state index in [2.05, 4.69) is 30.4 Å². The molecule has 1 fully saturated rings. The number of allylic oxidation sites excluding steroid dienone is 5. The molecule has 0 amide bonds. The Morgan fingerprint density at radius 1 is 1.17 bits per heavy atom. The van der Waals surface area contributed by atoms with Gasteiger partial charge in [0.2, 0.25) is 0 Å². The molecule has 5 rings (SSSR count). The average Bonchev–Trinajstić information content (AvgIpc) is 3.42. The second-order valence-corrected chi connectivity index (χ2v) is 7.17. The number of hydrogen-bond acceptors (Lipinski definition) is 2. The van der Waals surface area contributed by atoms with Crippen molar-refractivity contribution in [3.8, 4) is 11.4 Å². The highest BCUT2D eigenvalue weighted by atomic mass is 35.5. The smallest absolute Gasteiger partial charge is 0.160 e. The van der Waals surface area contributed by atoms with Crippen LogP contribution in [0.4, 0.5) is 0 Å². The molecule has 1 aromatic carbocycles. The van der Waals surface area contributed by atoms with E-state index in [1.165, 1.54) is 23.3 Å². The molecule has 2 unspecified atom stereocenters. The van der Waals surface area contributed by atoms with Gasteiger partial charge in [0.15, 0.2) is 5.82 Å². The number of nitrogens with zero attached hydrogens (tertiary/aromatic N) is 2. The molecule has 0 bridgehead atoms. The first-order chi connectivity index (χ1) is 11.8. The molecule has 0 aliphatic heterocycles. The van der Waals surface area contributed by atoms with Crippen LogP contribution in [0.15, 0.2) is 48.6 Å². The van der Waals surface area contributed by atoms with E-state index in [9.17, 15) is 0 Å². The fourth-order valence-electron chi connectivity index (χ4n) is 3.70. The summed E-state index contributed by atoms with van der Waals surface area (Å²) in [6.45, 7) is 0. The normalized spacial score (nSPS) is 23.5. The minimum absolute atomic E-state index is 0.574. The number of halogens is 1. The van der Waals surface area contributed by atoms with E-state index in [4.69, 9.17) is 21.6 Å². The van der Waals surface area contributed by atoms with Crippen molar-refractivity contribution >= 4 is 23.3 Å². The van der Waals surface area contributed by atoms with Crippen LogP contribution in [-0.4, -0.2) is 9.97 Å². The third-order valence-electron chi connectivity index (χ3n) is 5.08. The quantitative estimate of drug-likeness (QED) is 0.709. The molecule has 3 aliphatic rings. The van der Waals surface area contributed by atoms with Gasteiger partial charge < -0.3 is 0 Å². The summed E-state index contributed by atoms with van der Waals surface area (Å²) in [7, 11) is 0. The van der Waals surface area contributed by atoms with Crippen molar-refractivity contribution in [2.24, 2.45) is 5.92 Å². The van der Waals surface area contributed by atoms with Gasteiger partial charge in [-0.2, -0.15) is 0 Å². The zero-order valence-corrected chi connectivity index (χ0v) is 14.0. The minimum atomic E-state index is 0.574. The monoisotopic (exact) mass is 332 g/mol. The summed E-state index contributed by atoms with van der Waals surface area (Å²) < 4.78 is 0. The number of hydrogen-bond donors (Lipinski definition) is 0. The van der Waals surface area contributed by atoms with Gasteiger partial charge in [0.25, 0.3) is 0 Å². The number of rotatable bonds is 2. The Balaban J connectivity index is 1.72. The van der Waals surface area contributed by atoms with Crippen molar-refractivity contribution < 1.29 is 0 Å². The highest BCUT2D eigenvalue weighted by Crippen LogP contribution is 2.53. The van der Waals surface area contributed by atoms with E-state index in [-0.39, 0.29) is 0 Å². The van der Waals surface area contributed by atoms with Crippen LogP contribution >= 0.6 is 11.6 Å². The van der Waals surface area contributed by atoms with E-state index >= 15 is 0 Å². The van der Waals surface area contributed by atoms with Crippen molar-refractivity contribution in [1.29, 1.82) is 0 Å². The van der Waals surface area contributed by atoms with Crippen LogP contribution < -0.4 is 0 Å². The lowest BCUT2D eigenvalue weighted by molar-refractivity contribution is 0.911. The molecule has 0 radical (unpaired) electrons. The summed E-state index contributed by atoms with van der Waals surface area (Å²) in [5, 5.41) is 0.722. The lowest BCUT2D eigenvalue weighted by Crippen LogP contribution is -2.07. The molecule has 3 heteroatoms. The molecule has 24 heavy (non-hydrogen) atoms. The first-order valence-electron chi connectivity index (χ1n) is 8.52. The molecule has 0 spiro atoms. The lowest BCUT2D eigenvalue weighted by Gasteiger charge is -2.18. The number of aromatic nitrogens is 2. The molecule has 2 nitrogen and oxygen atoms in total. The average molecular weight is 333 g/mol. The second kappa shape index (κ2) is 5.42. The van der Waals surface area contributed by atoms with Crippen LogP contribution in [0.3, 0.4) is 0 Å². The van der Waals surface area contributed by atoms with Crippen LogP contribution in [0.1, 0.15) is 42.1 Å². The van der Waals surface area contributed by atoms with Crippen molar-refractivity contribution in [3.05, 3.63) is 70.5 Å². The van der Waals surface area contributed by atoms with E-state index in [0.717, 1.165) is 34.9 Å². The molecule has 2 aromatic rings. The zero-order chi connectivity index (χ0) is 16.1. The third kappa shape index (κ3) is 2.33. The fraction of sp³-hybridized carbons (Fsp3) is 0.238. The maximum absolute atomic E-state index is 6.18. The van der Waals surface area contributed by atoms with Gasteiger partial charge in [-0.25, -0.2) is 9.97 Å². The van der Waals surface area contributed by atoms with E-state index in [0.29, 0.717) is 11.8 Å². The third-order valence-corrected chi connectivity index (χ3v) is 5.31. The lowest BCUT2D eigenvalue weighted by atomic mass is 9.93. The molecule has 3 aliphatic carbocycles. The highest BCUT2D eigenvalue weighted by molar-refractivity contribution is 6.30. The Labute approximate surface area is 146 Å². The van der Waals surface area contributed by atoms with Gasteiger partial charge in [0.05, 0.1) is 11.4 Å². The maximum atomic E-state index is 6.18. The molecule has 1 aromatic heterocycles. The molecule has 1 heterocycles. The second-order valence-electron chi connectivity index (χ2n) is 6.73. The molecule has 2 atom stereocenters. The minimum Gasteiger partial charge on any atom is -0.232 e. The molecular formula is C21H17ClN2. The first-order valence-corrected chi connectivity index (χ1v) is 8.89. The van der Waals surface area contributed by atoms with Gasteiger partial charge in [-0.1, -0.05) is 54.1 Å². The molecule has 118 valence electrons. The first kappa shape index (κ1) is 14.2. The summed E-state index contributed by atoms with van der Waals surface area (Å²) in [6, 6.07) is 7.84. The predicted molar refractivity (Wildman–Crippen MR) is 98.7 cm³/mol. The molecular weight excluding hydrogens is 316 g/mol. The standard InChI is InChI=1S/C21H17ClN2/c22-16-8-4-7-15(11-16)21-23-19(13-5-2-1-3-6-13)17-10-9-14-12-18(14)20(17)24-21/h1-2,4-5,7-11,14,18H,3,6,12H2. The Morgan fingerprint density at radius 3 is 2.96 bits per heavy atom. The molecule has 0 N–H and O–H groups in total. The Morgan fingerprint density at radius 2 is 2.12 bits per heavy atom. The topological polar surface area (TPSA) is 25.8 Å². The van der Waals surface area contributed by atoms with Gasteiger partial charge in [-0.15, -0.1) is 0 Å². The molecule has 1 saturated carbocycles. The van der Waals surface area contributed by atoms with Crippen LogP contribution in [0, 0.1) is 5.92 Å². The van der Waals surface area contributed by atoms with E-state index in [1.54, 1.807) is 0 Å². The van der Waals surface area contributed by atoms with Gasteiger partial charge in [-0.05, 0) is 42.9 Å². The Bertz CT molecular complexity index is 923. The van der Waals surface area contributed by atoms with Crippen LogP contribution in [-0.2, 0) is 0 Å². The largest absolute Gasteiger partial charge is 0.232 e. The van der Waals surface area contributed by atoms with Crippen molar-refractivity contribution in [1.82, 2.24) is 9.97 Å². The summed E-state index contributed by atoms with van der Waals surface area (Å²) >= 11 is 6.18. The van der Waals surface area contributed by atoms with Crippen molar-refractivity contribution in [2.75, 3.05) is 0 Å². The van der Waals surface area contributed by atoms with Crippen LogP contribution in [0.5, 0.6) is 0 Å². The summed E-state index contributed by atoms with van der Waals surface area (Å²) in [5.41, 5.74) is 5.84. The van der Waals surface area contributed by atoms with Crippen molar-refractivity contribution in [2.45, 2.75) is 25.2 Å². The van der Waals surface area contributed by atoms with Gasteiger partial charge in [-0.3, -0.25) is 0 Å². The molecule has 0 saturated heterocycles. The SMILES string of the molecule is Clc1cccc(-c2nc(C3=CC=CCC3)c3c(n2)C2CC2C=C3)c1. The summed E-state index contributed by atoms with van der Waals surface area (Å²) in [5.74, 6) is 2.04. The summed E-state index contributed by atoms with van der Waals surface area (Å²) in [4.78, 5) is 9.89. The van der Waals surface area contributed by atoms with Crippen molar-refractivity contribution in [3.63, 3.8) is 0 Å². The maximum Gasteiger partial charge on any atom is 0.160 e. The number of fused-ring (bicyclic) bond motifs is 3. The van der Waals surface area contributed by atoms with Gasteiger partial charge >= 0.3 is 0 Å². The van der Waals surface area contributed by atoms with Gasteiger partial charge in [0, 0.05) is 22.1 Å². The van der Waals surface area contributed by atoms with E-state index < -0.39 is 0 Å². The summed E-state index contributed by atoms with van der Waals surface area (Å²) in [6.07, 6.45) is 14.4. The predicted octanol–water partition coefficient (Wildman–Crippen LogP) is 5.66. The van der Waals surface area contributed by atoms with Crippen LogP contribution in [0.2, 0.25) is 5.02 Å². The highest BCUT2D eigenvalue weighted by Gasteiger charge is 2.42. The van der Waals surface area contributed by atoms with E-state index in [1.807, 2.05) is 24.3 Å². The Hall–Kier alpha value is -2.19. The number of benzene rings is 1. The van der Waals surface area contributed by atoms with Crippen LogP contribution in [0.25, 0.3) is 23.0 Å².